The van der Waals surface area contributed by atoms with Crippen molar-refractivity contribution >= 4 is 23.6 Å². The summed E-state index contributed by atoms with van der Waals surface area (Å²) in [7, 11) is 1.77. The van der Waals surface area contributed by atoms with E-state index in [-0.39, 0.29) is 12.5 Å². The van der Waals surface area contributed by atoms with Gasteiger partial charge in [0.15, 0.2) is 5.96 Å². The van der Waals surface area contributed by atoms with E-state index >= 15 is 0 Å². The van der Waals surface area contributed by atoms with Gasteiger partial charge in [0.2, 0.25) is 5.91 Å². The number of aliphatic imine (C=N–C) groups is 1. The van der Waals surface area contributed by atoms with E-state index in [9.17, 15) is 4.79 Å². The number of carbonyl (C=O) groups is 1. The molecule has 0 radical (unpaired) electrons. The van der Waals surface area contributed by atoms with Crippen LogP contribution in [0.25, 0.3) is 0 Å². The summed E-state index contributed by atoms with van der Waals surface area (Å²) in [4.78, 5) is 19.3. The molecule has 1 rings (SSSR count). The Bertz CT molecular complexity index is 264. The number of carbonyl (C=O) groups excluding carboxylic acids is 1. The maximum Gasteiger partial charge on any atom is 0.244 e. The van der Waals surface area contributed by atoms with Crippen LogP contribution in [-0.2, 0) is 4.79 Å². The normalized spacial score (nSPS) is 17.4. The van der Waals surface area contributed by atoms with Crippen molar-refractivity contribution in [2.24, 2.45) is 10.7 Å². The van der Waals surface area contributed by atoms with Gasteiger partial charge in [0.25, 0.3) is 0 Å². The maximum absolute atomic E-state index is 11.5. The molecule has 16 heavy (non-hydrogen) atoms. The molecule has 0 aromatic rings. The molecule has 6 heteroatoms. The molecule has 0 aromatic heterocycles. The number of hydrogen-bond donors (Lipinski definition) is 1. The van der Waals surface area contributed by atoms with Crippen molar-refractivity contribution < 1.29 is 4.79 Å². The maximum atomic E-state index is 11.5. The first-order valence-electron chi connectivity index (χ1n) is 5.51. The lowest BCUT2D eigenvalue weighted by atomic mass is 10.5. The Labute approximate surface area is 101 Å². The molecule has 5 nitrogen and oxygen atoms in total. The second-order valence-corrected chi connectivity index (χ2v) is 4.91. The number of nitrogens with two attached hydrogens (primary N) is 1. The molecule has 0 saturated carbocycles. The summed E-state index contributed by atoms with van der Waals surface area (Å²) in [6.07, 6.45) is 0. The summed E-state index contributed by atoms with van der Waals surface area (Å²) in [6.45, 7) is 4.65. The summed E-state index contributed by atoms with van der Waals surface area (Å²) in [5.41, 5.74) is 5.83. The van der Waals surface area contributed by atoms with Gasteiger partial charge in [-0.2, -0.15) is 11.8 Å². The van der Waals surface area contributed by atoms with Gasteiger partial charge in [-0.25, -0.2) is 4.99 Å². The SMILES string of the molecule is CCN(C)C(=O)CN=C(N)N1CCSCC1. The summed E-state index contributed by atoms with van der Waals surface area (Å²) >= 11 is 1.92. The van der Waals surface area contributed by atoms with Crippen molar-refractivity contribution in [2.75, 3.05) is 44.7 Å². The van der Waals surface area contributed by atoms with Crippen molar-refractivity contribution in [1.29, 1.82) is 0 Å². The summed E-state index contributed by atoms with van der Waals surface area (Å²) < 4.78 is 0. The number of nitrogens with zero attached hydrogens (tertiary/aromatic N) is 3. The summed E-state index contributed by atoms with van der Waals surface area (Å²) in [5, 5.41) is 0. The van der Waals surface area contributed by atoms with E-state index in [1.54, 1.807) is 11.9 Å². The van der Waals surface area contributed by atoms with E-state index in [1.807, 2.05) is 23.6 Å². The molecule has 1 saturated heterocycles. The Balaban J connectivity index is 2.40. The van der Waals surface area contributed by atoms with Crippen LogP contribution in [0.15, 0.2) is 4.99 Å². The quantitative estimate of drug-likeness (QED) is 0.553. The van der Waals surface area contributed by atoms with Gasteiger partial charge in [0.1, 0.15) is 6.54 Å². The van der Waals surface area contributed by atoms with Crippen LogP contribution in [0.5, 0.6) is 0 Å². The van der Waals surface area contributed by atoms with Crippen LogP contribution >= 0.6 is 11.8 Å². The minimum atomic E-state index is 0.0110. The van der Waals surface area contributed by atoms with Crippen LogP contribution in [0.2, 0.25) is 0 Å². The van der Waals surface area contributed by atoms with E-state index in [1.165, 1.54) is 0 Å². The van der Waals surface area contributed by atoms with Crippen LogP contribution in [0.4, 0.5) is 0 Å². The zero-order valence-corrected chi connectivity index (χ0v) is 10.8. The molecular formula is C10H20N4OS. The van der Waals surface area contributed by atoms with Crippen molar-refractivity contribution in [3.63, 3.8) is 0 Å². The van der Waals surface area contributed by atoms with Gasteiger partial charge >= 0.3 is 0 Å². The number of hydrogen-bond acceptors (Lipinski definition) is 3. The van der Waals surface area contributed by atoms with Crippen molar-refractivity contribution in [1.82, 2.24) is 9.80 Å². The zero-order chi connectivity index (χ0) is 12.0. The highest BCUT2D eigenvalue weighted by atomic mass is 32.2. The molecule has 1 heterocycles. The van der Waals surface area contributed by atoms with Crippen LogP contribution < -0.4 is 5.73 Å². The molecule has 1 aliphatic rings. The van der Waals surface area contributed by atoms with E-state index in [2.05, 4.69) is 4.99 Å². The van der Waals surface area contributed by atoms with Gasteiger partial charge in [0.05, 0.1) is 0 Å². The third kappa shape index (κ3) is 3.92. The van der Waals surface area contributed by atoms with E-state index in [0.29, 0.717) is 12.5 Å². The van der Waals surface area contributed by atoms with Crippen molar-refractivity contribution in [2.45, 2.75) is 6.92 Å². The lowest BCUT2D eigenvalue weighted by molar-refractivity contribution is -0.128. The molecule has 0 spiro atoms. The molecule has 1 fully saturated rings. The average Bonchev–Trinajstić information content (AvgIpc) is 2.35. The lowest BCUT2D eigenvalue weighted by Gasteiger charge is -2.27. The van der Waals surface area contributed by atoms with Gasteiger partial charge in [0, 0.05) is 38.2 Å². The largest absolute Gasteiger partial charge is 0.370 e. The third-order valence-corrected chi connectivity index (χ3v) is 3.55. The molecular weight excluding hydrogens is 224 g/mol. The monoisotopic (exact) mass is 244 g/mol. The van der Waals surface area contributed by atoms with E-state index in [0.717, 1.165) is 24.6 Å². The smallest absolute Gasteiger partial charge is 0.244 e. The molecule has 0 aliphatic carbocycles. The van der Waals surface area contributed by atoms with Crippen LogP contribution in [-0.4, -0.2) is 66.4 Å². The van der Waals surface area contributed by atoms with Crippen molar-refractivity contribution in [3.05, 3.63) is 0 Å². The fraction of sp³-hybridized carbons (Fsp3) is 0.800. The minimum absolute atomic E-state index is 0.0110. The molecule has 1 amide bonds. The fourth-order valence-electron chi connectivity index (χ4n) is 1.34. The highest BCUT2D eigenvalue weighted by molar-refractivity contribution is 7.99. The fourth-order valence-corrected chi connectivity index (χ4v) is 2.24. The van der Waals surface area contributed by atoms with Gasteiger partial charge in [-0.15, -0.1) is 0 Å². The van der Waals surface area contributed by atoms with E-state index < -0.39 is 0 Å². The predicted molar refractivity (Wildman–Crippen MR) is 68.7 cm³/mol. The number of amides is 1. The molecule has 92 valence electrons. The number of rotatable bonds is 3. The van der Waals surface area contributed by atoms with Crippen LogP contribution in [0.1, 0.15) is 6.92 Å². The predicted octanol–water partition coefficient (Wildman–Crippen LogP) is -0.172. The molecule has 0 bridgehead atoms. The molecule has 0 atom stereocenters. The summed E-state index contributed by atoms with van der Waals surface area (Å²) in [5.74, 6) is 2.67. The lowest BCUT2D eigenvalue weighted by Crippen LogP contribution is -2.43. The number of guanidine groups is 1. The highest BCUT2D eigenvalue weighted by Crippen LogP contribution is 2.08. The first-order chi connectivity index (χ1) is 7.65. The Morgan fingerprint density at radius 1 is 1.50 bits per heavy atom. The highest BCUT2D eigenvalue weighted by Gasteiger charge is 2.13. The Hall–Kier alpha value is -0.910. The first kappa shape index (κ1) is 13.2. The van der Waals surface area contributed by atoms with Crippen LogP contribution in [0, 0.1) is 0 Å². The van der Waals surface area contributed by atoms with Gasteiger partial charge in [-0.1, -0.05) is 0 Å². The Kier molecular flexibility index (Phi) is 5.45. The Morgan fingerprint density at radius 3 is 2.69 bits per heavy atom. The molecule has 0 aromatic carbocycles. The topological polar surface area (TPSA) is 61.9 Å². The molecule has 2 N–H and O–H groups in total. The van der Waals surface area contributed by atoms with Crippen LogP contribution in [0.3, 0.4) is 0 Å². The molecule has 0 unspecified atom stereocenters. The summed E-state index contributed by atoms with van der Waals surface area (Å²) in [6, 6.07) is 0. The first-order valence-corrected chi connectivity index (χ1v) is 6.67. The van der Waals surface area contributed by atoms with Gasteiger partial charge in [-0.3, -0.25) is 4.79 Å². The van der Waals surface area contributed by atoms with Gasteiger partial charge in [-0.05, 0) is 6.92 Å². The number of thioether (sulfide) groups is 1. The van der Waals surface area contributed by atoms with Crippen molar-refractivity contribution in [3.8, 4) is 0 Å². The van der Waals surface area contributed by atoms with E-state index in [4.69, 9.17) is 5.73 Å². The Morgan fingerprint density at radius 2 is 2.12 bits per heavy atom. The second-order valence-electron chi connectivity index (χ2n) is 3.68. The standard InChI is InChI=1S/C10H20N4OS/c1-3-13(2)9(15)8-12-10(11)14-4-6-16-7-5-14/h3-8H2,1-2H3,(H2,11,12). The zero-order valence-electron chi connectivity index (χ0n) is 9.98. The average molecular weight is 244 g/mol. The number of likely N-dealkylation sites (N-methyl/N-ethyl adjacent to an activating group) is 1. The van der Waals surface area contributed by atoms with Gasteiger partial charge < -0.3 is 15.5 Å². The second kappa shape index (κ2) is 6.62. The third-order valence-electron chi connectivity index (χ3n) is 2.61. The minimum Gasteiger partial charge on any atom is -0.370 e. The molecule has 1 aliphatic heterocycles.